The van der Waals surface area contributed by atoms with E-state index in [0.29, 0.717) is 0 Å². The smallest absolute Gasteiger partial charge is 0.193 e. The van der Waals surface area contributed by atoms with Crippen LogP contribution < -0.4 is 5.32 Å². The summed E-state index contributed by atoms with van der Waals surface area (Å²) in [5, 5.41) is 3.44. The number of ether oxygens (including phenoxy) is 1. The molecule has 0 aromatic heterocycles. The van der Waals surface area contributed by atoms with E-state index in [1.807, 2.05) is 14.0 Å². The molecule has 1 rings (SSSR count). The zero-order chi connectivity index (χ0) is 12.3. The van der Waals surface area contributed by atoms with Gasteiger partial charge < -0.3 is 15.0 Å². The van der Waals surface area contributed by atoms with Crippen molar-refractivity contribution in [2.45, 2.75) is 39.0 Å². The van der Waals surface area contributed by atoms with E-state index in [-0.39, 0.29) is 0 Å². The number of unbranched alkanes of at least 4 members (excludes halogenated alkanes) is 1. The molecule has 0 spiro atoms. The highest BCUT2D eigenvalue weighted by Crippen LogP contribution is 2.08. The molecule has 0 aliphatic carbocycles. The number of nitrogens with one attached hydrogen (secondary N) is 1. The molecule has 0 radical (unpaired) electrons. The number of guanidine groups is 1. The van der Waals surface area contributed by atoms with Crippen molar-refractivity contribution in [1.82, 2.24) is 10.2 Å². The molecule has 17 heavy (non-hydrogen) atoms. The molecule has 0 aromatic rings. The van der Waals surface area contributed by atoms with Crippen LogP contribution in [0.25, 0.3) is 0 Å². The average Bonchev–Trinajstić information content (AvgIpc) is 2.39. The molecule has 100 valence electrons. The first-order valence-electron chi connectivity index (χ1n) is 6.91. The number of piperidine rings is 1. The summed E-state index contributed by atoms with van der Waals surface area (Å²) in [7, 11) is 1.87. The Kier molecular flexibility index (Phi) is 7.80. The summed E-state index contributed by atoms with van der Waals surface area (Å²) in [6, 6.07) is 0. The van der Waals surface area contributed by atoms with Crippen LogP contribution in [0.15, 0.2) is 4.99 Å². The molecule has 4 heteroatoms. The number of hydrogen-bond donors (Lipinski definition) is 1. The molecular weight excluding hydrogens is 214 g/mol. The quantitative estimate of drug-likeness (QED) is 0.438. The number of aliphatic imine (C=N–C) groups is 1. The van der Waals surface area contributed by atoms with Gasteiger partial charge in [-0.05, 0) is 39.0 Å². The predicted octanol–water partition coefficient (Wildman–Crippen LogP) is 1.86. The number of rotatable bonds is 6. The van der Waals surface area contributed by atoms with Crippen molar-refractivity contribution in [3.05, 3.63) is 0 Å². The van der Waals surface area contributed by atoms with Gasteiger partial charge in [0.1, 0.15) is 0 Å². The SMILES string of the molecule is CCOCCCCNC(=NC)N1CCCCC1. The van der Waals surface area contributed by atoms with Crippen molar-refractivity contribution in [2.24, 2.45) is 4.99 Å². The third-order valence-electron chi connectivity index (χ3n) is 3.07. The van der Waals surface area contributed by atoms with Gasteiger partial charge in [0, 0.05) is 39.9 Å². The second-order valence-electron chi connectivity index (χ2n) is 4.43. The summed E-state index contributed by atoms with van der Waals surface area (Å²) >= 11 is 0. The molecule has 4 nitrogen and oxygen atoms in total. The molecule has 1 N–H and O–H groups in total. The summed E-state index contributed by atoms with van der Waals surface area (Å²) in [5.74, 6) is 1.07. The maximum absolute atomic E-state index is 5.31. The fourth-order valence-electron chi connectivity index (χ4n) is 2.11. The van der Waals surface area contributed by atoms with E-state index in [4.69, 9.17) is 4.74 Å². The maximum Gasteiger partial charge on any atom is 0.193 e. The van der Waals surface area contributed by atoms with Crippen LogP contribution in [0.5, 0.6) is 0 Å². The second kappa shape index (κ2) is 9.28. The lowest BCUT2D eigenvalue weighted by molar-refractivity contribution is 0.143. The Labute approximate surface area is 105 Å². The Hall–Kier alpha value is -0.770. The van der Waals surface area contributed by atoms with Gasteiger partial charge in [0.2, 0.25) is 0 Å². The highest BCUT2D eigenvalue weighted by atomic mass is 16.5. The zero-order valence-electron chi connectivity index (χ0n) is 11.4. The van der Waals surface area contributed by atoms with Crippen molar-refractivity contribution in [2.75, 3.05) is 39.9 Å². The third-order valence-corrected chi connectivity index (χ3v) is 3.07. The normalized spacial score (nSPS) is 17.3. The van der Waals surface area contributed by atoms with Crippen molar-refractivity contribution in [3.8, 4) is 0 Å². The fraction of sp³-hybridized carbons (Fsp3) is 0.923. The van der Waals surface area contributed by atoms with Crippen LogP contribution in [-0.2, 0) is 4.74 Å². The van der Waals surface area contributed by atoms with Gasteiger partial charge >= 0.3 is 0 Å². The zero-order valence-corrected chi connectivity index (χ0v) is 11.4. The molecule has 0 bridgehead atoms. The van der Waals surface area contributed by atoms with Gasteiger partial charge in [-0.3, -0.25) is 4.99 Å². The molecule has 1 heterocycles. The molecule has 1 saturated heterocycles. The lowest BCUT2D eigenvalue weighted by Crippen LogP contribution is -2.44. The van der Waals surface area contributed by atoms with Crippen LogP contribution in [0.2, 0.25) is 0 Å². The Bertz CT molecular complexity index is 213. The maximum atomic E-state index is 5.31. The van der Waals surface area contributed by atoms with Crippen molar-refractivity contribution < 1.29 is 4.74 Å². The van der Waals surface area contributed by atoms with Crippen molar-refractivity contribution >= 4 is 5.96 Å². The van der Waals surface area contributed by atoms with Crippen LogP contribution in [0.1, 0.15) is 39.0 Å². The predicted molar refractivity (Wildman–Crippen MR) is 72.5 cm³/mol. The average molecular weight is 241 g/mol. The van der Waals surface area contributed by atoms with E-state index in [1.54, 1.807) is 0 Å². The summed E-state index contributed by atoms with van der Waals surface area (Å²) in [4.78, 5) is 6.71. The minimum absolute atomic E-state index is 0.822. The molecule has 1 aliphatic rings. The molecule has 0 amide bonds. The van der Waals surface area contributed by atoms with Gasteiger partial charge in [-0.1, -0.05) is 0 Å². The van der Waals surface area contributed by atoms with E-state index >= 15 is 0 Å². The Morgan fingerprint density at radius 1 is 1.24 bits per heavy atom. The molecule has 1 aliphatic heterocycles. The summed E-state index contributed by atoms with van der Waals surface area (Å²) < 4.78 is 5.31. The first-order chi connectivity index (χ1) is 8.38. The third kappa shape index (κ3) is 5.91. The van der Waals surface area contributed by atoms with Gasteiger partial charge in [0.15, 0.2) is 5.96 Å². The minimum Gasteiger partial charge on any atom is -0.382 e. The Morgan fingerprint density at radius 3 is 2.65 bits per heavy atom. The van der Waals surface area contributed by atoms with Gasteiger partial charge in [-0.15, -0.1) is 0 Å². The van der Waals surface area contributed by atoms with Gasteiger partial charge in [-0.2, -0.15) is 0 Å². The van der Waals surface area contributed by atoms with E-state index < -0.39 is 0 Å². The molecule has 1 fully saturated rings. The number of hydrogen-bond acceptors (Lipinski definition) is 2. The number of nitrogens with zero attached hydrogens (tertiary/aromatic N) is 2. The van der Waals surface area contributed by atoms with Crippen molar-refractivity contribution in [3.63, 3.8) is 0 Å². The van der Waals surface area contributed by atoms with Gasteiger partial charge in [-0.25, -0.2) is 0 Å². The van der Waals surface area contributed by atoms with E-state index in [2.05, 4.69) is 15.2 Å². The fourth-order valence-corrected chi connectivity index (χ4v) is 2.11. The lowest BCUT2D eigenvalue weighted by Gasteiger charge is -2.30. The summed E-state index contributed by atoms with van der Waals surface area (Å²) in [6.45, 7) is 7.04. The first-order valence-corrected chi connectivity index (χ1v) is 6.91. The molecule has 0 atom stereocenters. The van der Waals surface area contributed by atoms with Crippen LogP contribution >= 0.6 is 0 Å². The first kappa shape index (κ1) is 14.3. The van der Waals surface area contributed by atoms with Crippen LogP contribution in [0, 0.1) is 0 Å². The molecule has 0 unspecified atom stereocenters. The topological polar surface area (TPSA) is 36.9 Å². The largest absolute Gasteiger partial charge is 0.382 e. The molecule has 0 saturated carbocycles. The van der Waals surface area contributed by atoms with E-state index in [1.165, 1.54) is 19.3 Å². The van der Waals surface area contributed by atoms with E-state index in [0.717, 1.165) is 51.6 Å². The lowest BCUT2D eigenvalue weighted by atomic mass is 10.1. The van der Waals surface area contributed by atoms with E-state index in [9.17, 15) is 0 Å². The Balaban J connectivity index is 2.10. The monoisotopic (exact) mass is 241 g/mol. The molecule has 0 aromatic carbocycles. The minimum atomic E-state index is 0.822. The van der Waals surface area contributed by atoms with Crippen molar-refractivity contribution in [1.29, 1.82) is 0 Å². The Morgan fingerprint density at radius 2 is 2.00 bits per heavy atom. The van der Waals surface area contributed by atoms with Gasteiger partial charge in [0.05, 0.1) is 0 Å². The van der Waals surface area contributed by atoms with Gasteiger partial charge in [0.25, 0.3) is 0 Å². The van der Waals surface area contributed by atoms with Crippen LogP contribution in [0.3, 0.4) is 0 Å². The number of likely N-dealkylation sites (tertiary alicyclic amines) is 1. The summed E-state index contributed by atoms with van der Waals surface area (Å²) in [6.07, 6.45) is 6.22. The highest BCUT2D eigenvalue weighted by molar-refractivity contribution is 5.79. The summed E-state index contributed by atoms with van der Waals surface area (Å²) in [5.41, 5.74) is 0. The van der Waals surface area contributed by atoms with Crippen LogP contribution in [0.4, 0.5) is 0 Å². The highest BCUT2D eigenvalue weighted by Gasteiger charge is 2.13. The standard InChI is InChI=1S/C13H27N3O/c1-3-17-12-8-5-9-15-13(14-2)16-10-6-4-7-11-16/h3-12H2,1-2H3,(H,14,15). The second-order valence-corrected chi connectivity index (χ2v) is 4.43. The van der Waals surface area contributed by atoms with Crippen LogP contribution in [-0.4, -0.2) is 50.8 Å². The molecular formula is C13H27N3O.